The fraction of sp³-hybridized carbons (Fsp3) is 0.579. The van der Waals surface area contributed by atoms with E-state index in [2.05, 4.69) is 10.2 Å². The summed E-state index contributed by atoms with van der Waals surface area (Å²) in [6.07, 6.45) is 5.18. The fourth-order valence-electron chi connectivity index (χ4n) is 3.18. The predicted molar refractivity (Wildman–Crippen MR) is 99.4 cm³/mol. The van der Waals surface area contributed by atoms with Crippen molar-refractivity contribution in [2.75, 3.05) is 39.3 Å². The lowest BCUT2D eigenvalue weighted by Gasteiger charge is -2.38. The molecule has 0 aliphatic carbocycles. The molecular formula is C19H28FN3O4. The van der Waals surface area contributed by atoms with E-state index in [4.69, 9.17) is 14.6 Å². The number of likely N-dealkylation sites (tertiary alicyclic amines) is 2. The Kier molecular flexibility index (Phi) is 8.83. The predicted octanol–water partition coefficient (Wildman–Crippen LogP) is 2.18. The van der Waals surface area contributed by atoms with E-state index < -0.39 is 0 Å². The van der Waals surface area contributed by atoms with Crippen molar-refractivity contribution in [2.24, 2.45) is 0 Å². The summed E-state index contributed by atoms with van der Waals surface area (Å²) < 4.78 is 18.5. The molecule has 0 bridgehead atoms. The van der Waals surface area contributed by atoms with Crippen molar-refractivity contribution in [3.8, 4) is 5.75 Å². The third kappa shape index (κ3) is 7.42. The quantitative estimate of drug-likeness (QED) is 0.764. The Morgan fingerprint density at radius 1 is 1.19 bits per heavy atom. The van der Waals surface area contributed by atoms with Crippen molar-refractivity contribution in [2.45, 2.75) is 31.8 Å². The zero-order valence-corrected chi connectivity index (χ0v) is 15.5. The molecule has 0 spiro atoms. The largest absolute Gasteiger partial charge is 0.487 e. The van der Waals surface area contributed by atoms with Gasteiger partial charge in [-0.25, -0.2) is 9.18 Å². The highest BCUT2D eigenvalue weighted by molar-refractivity contribution is 5.75. The van der Waals surface area contributed by atoms with E-state index in [-0.39, 0.29) is 24.4 Å². The van der Waals surface area contributed by atoms with E-state index in [1.54, 1.807) is 17.0 Å². The molecule has 2 saturated heterocycles. The van der Waals surface area contributed by atoms with Crippen molar-refractivity contribution in [3.05, 3.63) is 30.1 Å². The van der Waals surface area contributed by atoms with E-state index >= 15 is 0 Å². The summed E-state index contributed by atoms with van der Waals surface area (Å²) in [6, 6.07) is 5.95. The molecule has 2 heterocycles. The second-order valence-electron chi connectivity index (χ2n) is 6.69. The molecule has 2 N–H and O–H groups in total. The highest BCUT2D eigenvalue weighted by Gasteiger charge is 2.32. The van der Waals surface area contributed by atoms with E-state index in [0.29, 0.717) is 25.4 Å². The average Bonchev–Trinajstić information content (AvgIpc) is 2.89. The normalized spacial score (nSPS) is 17.7. The summed E-state index contributed by atoms with van der Waals surface area (Å²) in [5.74, 6) is 0.365. The van der Waals surface area contributed by atoms with Crippen LogP contribution in [0.1, 0.15) is 25.7 Å². The Balaban J connectivity index is 0.000000817. The fourth-order valence-corrected chi connectivity index (χ4v) is 3.18. The van der Waals surface area contributed by atoms with Crippen LogP contribution in [0, 0.1) is 5.82 Å². The van der Waals surface area contributed by atoms with Crippen LogP contribution in [0.3, 0.4) is 0 Å². The van der Waals surface area contributed by atoms with Crippen LogP contribution in [0.25, 0.3) is 0 Å². The van der Waals surface area contributed by atoms with Crippen molar-refractivity contribution < 1.29 is 23.8 Å². The van der Waals surface area contributed by atoms with Crippen molar-refractivity contribution >= 4 is 12.5 Å². The Morgan fingerprint density at radius 2 is 1.78 bits per heavy atom. The first-order valence-corrected chi connectivity index (χ1v) is 9.37. The van der Waals surface area contributed by atoms with Gasteiger partial charge < -0.3 is 25.0 Å². The molecule has 2 aliphatic heterocycles. The molecule has 2 fully saturated rings. The number of carboxylic acid groups (broad SMARTS) is 1. The minimum absolute atomic E-state index is 0.00758. The lowest BCUT2D eigenvalue weighted by molar-refractivity contribution is -0.122. The summed E-state index contributed by atoms with van der Waals surface area (Å²) >= 11 is 0. The number of hydrogen-bond acceptors (Lipinski definition) is 4. The van der Waals surface area contributed by atoms with Crippen LogP contribution in [0.4, 0.5) is 9.18 Å². The van der Waals surface area contributed by atoms with Crippen LogP contribution in [0.5, 0.6) is 5.75 Å². The van der Waals surface area contributed by atoms with Gasteiger partial charge in [0, 0.05) is 13.1 Å². The smallest absolute Gasteiger partial charge is 0.317 e. The average molecular weight is 381 g/mol. The van der Waals surface area contributed by atoms with Crippen LogP contribution in [0.15, 0.2) is 24.3 Å². The van der Waals surface area contributed by atoms with Gasteiger partial charge in [0.15, 0.2) is 0 Å². The maximum atomic E-state index is 12.8. The van der Waals surface area contributed by atoms with Gasteiger partial charge in [-0.1, -0.05) is 12.8 Å². The van der Waals surface area contributed by atoms with E-state index in [0.717, 1.165) is 19.6 Å². The SMILES string of the molecule is O=C(NCCN1CCCCCC1)N1CC(Oc2ccc(F)cc2)C1.O=CO. The van der Waals surface area contributed by atoms with Gasteiger partial charge in [-0.15, -0.1) is 0 Å². The van der Waals surface area contributed by atoms with Gasteiger partial charge in [-0.3, -0.25) is 4.79 Å². The highest BCUT2D eigenvalue weighted by atomic mass is 19.1. The minimum Gasteiger partial charge on any atom is -0.487 e. The maximum Gasteiger partial charge on any atom is 0.317 e. The molecule has 0 atom stereocenters. The topological polar surface area (TPSA) is 82.1 Å². The molecule has 1 aromatic carbocycles. The number of hydrogen-bond donors (Lipinski definition) is 2. The third-order valence-corrected chi connectivity index (χ3v) is 4.65. The number of amides is 2. The zero-order chi connectivity index (χ0) is 19.5. The maximum absolute atomic E-state index is 12.8. The molecule has 2 aliphatic rings. The molecule has 0 saturated carbocycles. The third-order valence-electron chi connectivity index (χ3n) is 4.65. The summed E-state index contributed by atoms with van der Waals surface area (Å²) in [4.78, 5) is 24.6. The van der Waals surface area contributed by atoms with Crippen LogP contribution < -0.4 is 10.1 Å². The second kappa shape index (κ2) is 11.4. The van der Waals surface area contributed by atoms with Gasteiger partial charge in [-0.2, -0.15) is 0 Å². The first kappa shape index (κ1) is 21.0. The number of urea groups is 1. The Bertz CT molecular complexity index is 571. The standard InChI is InChI=1S/C18H26FN3O2.CH2O2/c19-15-5-7-16(8-6-15)24-17-13-22(14-17)18(23)20-9-12-21-10-3-1-2-4-11-21;2-1-3/h5-8,17H,1-4,9-14H2,(H,20,23);1H,(H,2,3). The number of carbonyl (C=O) groups is 2. The van der Waals surface area contributed by atoms with Gasteiger partial charge in [0.25, 0.3) is 6.47 Å². The second-order valence-corrected chi connectivity index (χ2v) is 6.69. The van der Waals surface area contributed by atoms with E-state index in [9.17, 15) is 9.18 Å². The molecule has 0 aromatic heterocycles. The van der Waals surface area contributed by atoms with Gasteiger partial charge in [0.2, 0.25) is 0 Å². The zero-order valence-electron chi connectivity index (χ0n) is 15.5. The van der Waals surface area contributed by atoms with Gasteiger partial charge >= 0.3 is 6.03 Å². The molecule has 8 heteroatoms. The molecular weight excluding hydrogens is 353 g/mol. The monoisotopic (exact) mass is 381 g/mol. The molecule has 1 aromatic rings. The van der Waals surface area contributed by atoms with Crippen molar-refractivity contribution in [3.63, 3.8) is 0 Å². The molecule has 3 rings (SSSR count). The summed E-state index contributed by atoms with van der Waals surface area (Å²) in [5, 5.41) is 9.87. The Hall–Kier alpha value is -2.35. The first-order valence-electron chi connectivity index (χ1n) is 9.37. The lowest BCUT2D eigenvalue weighted by Crippen LogP contribution is -2.59. The van der Waals surface area contributed by atoms with Gasteiger partial charge in [0.05, 0.1) is 13.1 Å². The molecule has 27 heavy (non-hydrogen) atoms. The molecule has 7 nitrogen and oxygen atoms in total. The number of carbonyl (C=O) groups excluding carboxylic acids is 1. The lowest BCUT2D eigenvalue weighted by atomic mass is 10.2. The molecule has 2 amide bonds. The number of ether oxygens (including phenoxy) is 1. The number of halogens is 1. The van der Waals surface area contributed by atoms with Crippen LogP contribution in [0.2, 0.25) is 0 Å². The van der Waals surface area contributed by atoms with Crippen LogP contribution in [-0.4, -0.2) is 72.8 Å². The van der Waals surface area contributed by atoms with Crippen LogP contribution in [-0.2, 0) is 4.79 Å². The molecule has 150 valence electrons. The summed E-state index contributed by atoms with van der Waals surface area (Å²) in [5.41, 5.74) is 0. The Labute approximate surface area is 159 Å². The van der Waals surface area contributed by atoms with Crippen molar-refractivity contribution in [1.82, 2.24) is 15.1 Å². The summed E-state index contributed by atoms with van der Waals surface area (Å²) in [6.45, 7) is 4.81. The highest BCUT2D eigenvalue weighted by Crippen LogP contribution is 2.18. The molecule has 0 unspecified atom stereocenters. The number of rotatable bonds is 5. The van der Waals surface area contributed by atoms with Gasteiger partial charge in [0.1, 0.15) is 17.7 Å². The van der Waals surface area contributed by atoms with Crippen molar-refractivity contribution in [1.29, 1.82) is 0 Å². The number of benzene rings is 1. The number of nitrogens with one attached hydrogen (secondary N) is 1. The minimum atomic E-state index is -0.277. The van der Waals surface area contributed by atoms with E-state index in [1.807, 2.05) is 0 Å². The Morgan fingerprint density at radius 3 is 2.37 bits per heavy atom. The number of nitrogens with zero attached hydrogens (tertiary/aromatic N) is 2. The van der Waals surface area contributed by atoms with Crippen LogP contribution >= 0.6 is 0 Å². The van der Waals surface area contributed by atoms with Gasteiger partial charge in [-0.05, 0) is 50.2 Å². The first-order chi connectivity index (χ1) is 13.1. The summed E-state index contributed by atoms with van der Waals surface area (Å²) in [7, 11) is 0. The van der Waals surface area contributed by atoms with E-state index in [1.165, 1.54) is 37.8 Å². The molecule has 0 radical (unpaired) electrons.